The third-order valence-electron chi connectivity index (χ3n) is 4.09. The first kappa shape index (κ1) is 18.5. The van der Waals surface area contributed by atoms with Crippen LogP contribution in [0.15, 0.2) is 36.0 Å². The standard InChI is InChI=1S/C19H23N3O3/c1-2-25-19(24)14-8-10-17(11-9-14)22-18(23)15(12-20)13-21-16-6-4-3-5-7-16/h8-11,13,16,21H,2-7H2,1H3,(H,22,23)/b15-13-. The highest BCUT2D eigenvalue weighted by Crippen LogP contribution is 2.17. The van der Waals surface area contributed by atoms with E-state index >= 15 is 0 Å². The van der Waals surface area contributed by atoms with E-state index in [2.05, 4.69) is 10.6 Å². The molecule has 2 N–H and O–H groups in total. The summed E-state index contributed by atoms with van der Waals surface area (Å²) < 4.78 is 4.91. The molecule has 1 fully saturated rings. The molecule has 0 bridgehead atoms. The largest absolute Gasteiger partial charge is 0.462 e. The number of hydrogen-bond donors (Lipinski definition) is 2. The van der Waals surface area contributed by atoms with E-state index < -0.39 is 11.9 Å². The molecule has 1 aromatic carbocycles. The van der Waals surface area contributed by atoms with Crippen LogP contribution in [0.4, 0.5) is 5.69 Å². The lowest BCUT2D eigenvalue weighted by atomic mass is 9.96. The second-order valence-corrected chi connectivity index (χ2v) is 5.92. The van der Waals surface area contributed by atoms with Crippen LogP contribution in [0.25, 0.3) is 0 Å². The van der Waals surface area contributed by atoms with Crippen LogP contribution in [0.3, 0.4) is 0 Å². The summed E-state index contributed by atoms with van der Waals surface area (Å²) in [5.74, 6) is -0.885. The van der Waals surface area contributed by atoms with Gasteiger partial charge >= 0.3 is 5.97 Å². The predicted octanol–water partition coefficient (Wildman–Crippen LogP) is 3.13. The van der Waals surface area contributed by atoms with Gasteiger partial charge in [0.25, 0.3) is 5.91 Å². The molecule has 1 saturated carbocycles. The van der Waals surface area contributed by atoms with Crippen LogP contribution in [-0.4, -0.2) is 24.5 Å². The van der Waals surface area contributed by atoms with Gasteiger partial charge in [-0.05, 0) is 44.0 Å². The minimum absolute atomic E-state index is 0.0278. The summed E-state index contributed by atoms with van der Waals surface area (Å²) in [5.41, 5.74) is 0.951. The van der Waals surface area contributed by atoms with Crippen LogP contribution >= 0.6 is 0 Å². The number of carbonyl (C=O) groups excluding carboxylic acids is 2. The Morgan fingerprint density at radius 1 is 1.24 bits per heavy atom. The average molecular weight is 341 g/mol. The number of hydrogen-bond acceptors (Lipinski definition) is 5. The minimum atomic E-state index is -0.477. The third kappa shape index (κ3) is 5.64. The second kappa shape index (κ2) is 9.48. The Morgan fingerprint density at radius 3 is 2.52 bits per heavy atom. The molecule has 2 rings (SSSR count). The van der Waals surface area contributed by atoms with Crippen LogP contribution in [0, 0.1) is 11.3 Å². The van der Waals surface area contributed by atoms with E-state index in [1.807, 2.05) is 6.07 Å². The van der Waals surface area contributed by atoms with Crippen molar-refractivity contribution >= 4 is 17.6 Å². The van der Waals surface area contributed by atoms with E-state index in [4.69, 9.17) is 4.74 Å². The number of anilines is 1. The number of esters is 1. The molecule has 0 heterocycles. The average Bonchev–Trinajstić information content (AvgIpc) is 2.64. The lowest BCUT2D eigenvalue weighted by molar-refractivity contribution is -0.112. The maximum atomic E-state index is 12.2. The number of nitriles is 1. The van der Waals surface area contributed by atoms with Gasteiger partial charge in [0, 0.05) is 17.9 Å². The van der Waals surface area contributed by atoms with E-state index in [0.29, 0.717) is 23.9 Å². The van der Waals surface area contributed by atoms with Crippen molar-refractivity contribution < 1.29 is 14.3 Å². The van der Waals surface area contributed by atoms with Crippen molar-refractivity contribution in [2.45, 2.75) is 45.1 Å². The fourth-order valence-corrected chi connectivity index (χ4v) is 2.72. The van der Waals surface area contributed by atoms with Crippen molar-refractivity contribution in [3.63, 3.8) is 0 Å². The van der Waals surface area contributed by atoms with Gasteiger partial charge in [-0.2, -0.15) is 5.26 Å². The second-order valence-electron chi connectivity index (χ2n) is 5.92. The van der Waals surface area contributed by atoms with Crippen molar-refractivity contribution in [3.8, 4) is 6.07 Å². The molecule has 25 heavy (non-hydrogen) atoms. The number of benzene rings is 1. The molecule has 6 heteroatoms. The molecule has 6 nitrogen and oxygen atoms in total. The molecule has 132 valence electrons. The molecule has 0 aromatic heterocycles. The van der Waals surface area contributed by atoms with Crippen LogP contribution in [-0.2, 0) is 9.53 Å². The molecule has 1 aliphatic rings. The van der Waals surface area contributed by atoms with E-state index in [-0.39, 0.29) is 5.57 Å². The van der Waals surface area contributed by atoms with E-state index in [1.165, 1.54) is 25.5 Å². The zero-order chi connectivity index (χ0) is 18.1. The van der Waals surface area contributed by atoms with Gasteiger partial charge in [-0.25, -0.2) is 4.79 Å². The normalized spacial score (nSPS) is 15.1. The first-order chi connectivity index (χ1) is 12.1. The SMILES string of the molecule is CCOC(=O)c1ccc(NC(=O)/C(C#N)=C\NC2CCCCC2)cc1. The van der Waals surface area contributed by atoms with Gasteiger partial charge in [0.1, 0.15) is 11.6 Å². The Bertz CT molecular complexity index is 668. The van der Waals surface area contributed by atoms with Gasteiger partial charge in [0.15, 0.2) is 0 Å². The van der Waals surface area contributed by atoms with E-state index in [0.717, 1.165) is 12.8 Å². The quantitative estimate of drug-likeness (QED) is 0.471. The summed E-state index contributed by atoms with van der Waals surface area (Å²) in [7, 11) is 0. The Kier molecular flexibility index (Phi) is 7.02. The van der Waals surface area contributed by atoms with Crippen LogP contribution in [0.5, 0.6) is 0 Å². The first-order valence-corrected chi connectivity index (χ1v) is 8.59. The van der Waals surface area contributed by atoms with Gasteiger partial charge in [-0.1, -0.05) is 19.3 Å². The molecule has 1 aliphatic carbocycles. The number of nitrogens with zero attached hydrogens (tertiary/aromatic N) is 1. The van der Waals surface area contributed by atoms with Crippen LogP contribution in [0.1, 0.15) is 49.4 Å². The van der Waals surface area contributed by atoms with Gasteiger partial charge < -0.3 is 15.4 Å². The van der Waals surface area contributed by atoms with Crippen molar-refractivity contribution in [1.82, 2.24) is 5.32 Å². The number of ether oxygens (including phenoxy) is 1. The number of nitrogens with one attached hydrogen (secondary N) is 2. The van der Waals surface area contributed by atoms with Gasteiger partial charge in [-0.15, -0.1) is 0 Å². The third-order valence-corrected chi connectivity index (χ3v) is 4.09. The lowest BCUT2D eigenvalue weighted by Crippen LogP contribution is -2.28. The monoisotopic (exact) mass is 341 g/mol. The van der Waals surface area contributed by atoms with Crippen molar-refractivity contribution in [1.29, 1.82) is 5.26 Å². The van der Waals surface area contributed by atoms with E-state index in [9.17, 15) is 14.9 Å². The Labute approximate surface area is 147 Å². The summed E-state index contributed by atoms with van der Waals surface area (Å²) in [6.07, 6.45) is 7.21. The van der Waals surface area contributed by atoms with Gasteiger partial charge in [-0.3, -0.25) is 4.79 Å². The Morgan fingerprint density at radius 2 is 1.92 bits per heavy atom. The van der Waals surface area contributed by atoms with Crippen molar-refractivity contribution in [2.24, 2.45) is 0 Å². The topological polar surface area (TPSA) is 91.2 Å². The number of rotatable bonds is 6. The highest BCUT2D eigenvalue weighted by Gasteiger charge is 2.14. The molecule has 0 unspecified atom stereocenters. The van der Waals surface area contributed by atoms with Crippen LogP contribution < -0.4 is 10.6 Å². The smallest absolute Gasteiger partial charge is 0.338 e. The fourth-order valence-electron chi connectivity index (χ4n) is 2.72. The molecule has 0 aliphatic heterocycles. The first-order valence-electron chi connectivity index (χ1n) is 8.59. The summed E-state index contributed by atoms with van der Waals surface area (Å²) in [6.45, 7) is 2.05. The number of amides is 1. The zero-order valence-corrected chi connectivity index (χ0v) is 14.4. The van der Waals surface area contributed by atoms with Crippen molar-refractivity contribution in [2.75, 3.05) is 11.9 Å². The maximum absolute atomic E-state index is 12.2. The molecular formula is C19H23N3O3. The molecule has 0 atom stereocenters. The molecule has 0 radical (unpaired) electrons. The highest BCUT2D eigenvalue weighted by atomic mass is 16.5. The summed E-state index contributed by atoms with van der Waals surface area (Å²) >= 11 is 0. The highest BCUT2D eigenvalue weighted by molar-refractivity contribution is 6.06. The zero-order valence-electron chi connectivity index (χ0n) is 14.4. The van der Waals surface area contributed by atoms with E-state index in [1.54, 1.807) is 31.2 Å². The Hall–Kier alpha value is -2.81. The molecule has 1 aromatic rings. The summed E-state index contributed by atoms with van der Waals surface area (Å²) in [5, 5.41) is 15.0. The molecule has 0 spiro atoms. The van der Waals surface area contributed by atoms with Crippen LogP contribution in [0.2, 0.25) is 0 Å². The molecule has 0 saturated heterocycles. The molecular weight excluding hydrogens is 318 g/mol. The summed E-state index contributed by atoms with van der Waals surface area (Å²) in [6, 6.07) is 8.60. The predicted molar refractivity (Wildman–Crippen MR) is 94.7 cm³/mol. The molecule has 1 amide bonds. The maximum Gasteiger partial charge on any atom is 0.338 e. The number of carbonyl (C=O) groups is 2. The minimum Gasteiger partial charge on any atom is -0.462 e. The summed E-state index contributed by atoms with van der Waals surface area (Å²) in [4.78, 5) is 23.8. The lowest BCUT2D eigenvalue weighted by Gasteiger charge is -2.21. The van der Waals surface area contributed by atoms with Gasteiger partial charge in [0.2, 0.25) is 0 Å². The van der Waals surface area contributed by atoms with Crippen molar-refractivity contribution in [3.05, 3.63) is 41.6 Å². The van der Waals surface area contributed by atoms with Gasteiger partial charge in [0.05, 0.1) is 12.2 Å². The fraction of sp³-hybridized carbons (Fsp3) is 0.421. The Balaban J connectivity index is 1.94.